The van der Waals surface area contributed by atoms with Crippen molar-refractivity contribution in [3.8, 4) is 11.5 Å². The first-order valence-corrected chi connectivity index (χ1v) is 11.6. The number of carbonyl (C=O) groups is 1. The molecule has 2 aromatic carbocycles. The van der Waals surface area contributed by atoms with E-state index < -0.39 is 12.3 Å². The van der Waals surface area contributed by atoms with Gasteiger partial charge in [-0.3, -0.25) is 0 Å². The molecule has 0 aromatic heterocycles. The molecule has 0 aliphatic heterocycles. The summed E-state index contributed by atoms with van der Waals surface area (Å²) in [4.78, 5) is 11.0. The largest absolute Gasteiger partial charge is 0.508 e. The molecule has 0 saturated heterocycles. The highest BCUT2D eigenvalue weighted by molar-refractivity contribution is 5.87. The van der Waals surface area contributed by atoms with Crippen molar-refractivity contribution in [1.29, 1.82) is 0 Å². The van der Waals surface area contributed by atoms with Crippen LogP contribution in [0.3, 0.4) is 0 Å². The molecule has 0 spiro atoms. The number of aromatic hydroxyl groups is 1. The van der Waals surface area contributed by atoms with E-state index in [1.165, 1.54) is 7.11 Å². The molecule has 0 aliphatic carbocycles. The van der Waals surface area contributed by atoms with Crippen LogP contribution in [-0.4, -0.2) is 30.1 Å². The van der Waals surface area contributed by atoms with E-state index in [1.807, 2.05) is 56.3 Å². The molecule has 1 N–H and O–H groups in total. The third-order valence-corrected chi connectivity index (χ3v) is 4.85. The van der Waals surface area contributed by atoms with Gasteiger partial charge >= 0.3 is 5.97 Å². The number of hydrogen-bond acceptors (Lipinski definition) is 5. The average Bonchev–Trinajstić information content (AvgIpc) is 2.83. The number of carbonyl (C=O) groups excluding carboxylic acids is 1. The number of esters is 1. The number of ether oxygens (including phenoxy) is 3. The van der Waals surface area contributed by atoms with Gasteiger partial charge in [0.25, 0.3) is 0 Å². The molecule has 1 atom stereocenters. The highest BCUT2D eigenvalue weighted by atomic mass is 16.7. The van der Waals surface area contributed by atoms with Gasteiger partial charge in [0.2, 0.25) is 6.29 Å². The standard InChI is InChI=1S/C13H18O.C9H16O3.C8H8O/c1-5-11-9-7-8-10-12(11)14-13(3,4)6-2;1-6(2)8(10)12-9(11-5)7(3)4;1-2-7-3-5-8(9)6-4-7/h5,7-10H,1,6H2,2-4H3;7,9H,1H2,2-5H3;2-6,9H,1H2. The van der Waals surface area contributed by atoms with Gasteiger partial charge < -0.3 is 19.3 Å². The molecule has 5 nitrogen and oxygen atoms in total. The molecule has 0 amide bonds. The zero-order valence-electron chi connectivity index (χ0n) is 22.3. The third-order valence-electron chi connectivity index (χ3n) is 4.85. The van der Waals surface area contributed by atoms with E-state index in [2.05, 4.69) is 40.5 Å². The summed E-state index contributed by atoms with van der Waals surface area (Å²) in [6.07, 6.45) is 4.06. The van der Waals surface area contributed by atoms with Crippen LogP contribution in [0, 0.1) is 5.92 Å². The molecule has 192 valence electrons. The predicted molar refractivity (Wildman–Crippen MR) is 146 cm³/mol. The van der Waals surface area contributed by atoms with Crippen molar-refractivity contribution >= 4 is 18.1 Å². The van der Waals surface area contributed by atoms with Gasteiger partial charge in [0.1, 0.15) is 17.1 Å². The minimum atomic E-state index is -0.478. The second-order valence-corrected chi connectivity index (χ2v) is 8.79. The van der Waals surface area contributed by atoms with E-state index >= 15 is 0 Å². The summed E-state index contributed by atoms with van der Waals surface area (Å²) in [5.41, 5.74) is 2.35. The summed E-state index contributed by atoms with van der Waals surface area (Å²) in [6, 6.07) is 14.8. The van der Waals surface area contributed by atoms with E-state index in [4.69, 9.17) is 19.3 Å². The first-order chi connectivity index (χ1) is 16.4. The fourth-order valence-corrected chi connectivity index (χ4v) is 2.38. The number of rotatable bonds is 9. The maximum Gasteiger partial charge on any atom is 0.335 e. The minimum absolute atomic E-state index is 0.112. The van der Waals surface area contributed by atoms with Crippen LogP contribution in [0.2, 0.25) is 0 Å². The Bertz CT molecular complexity index is 926. The van der Waals surface area contributed by atoms with E-state index in [0.29, 0.717) is 11.3 Å². The number of benzene rings is 2. The Morgan fingerprint density at radius 3 is 2.06 bits per heavy atom. The zero-order chi connectivity index (χ0) is 27.0. The van der Waals surface area contributed by atoms with Crippen molar-refractivity contribution in [1.82, 2.24) is 0 Å². The second-order valence-electron chi connectivity index (χ2n) is 8.79. The molecule has 2 aromatic rings. The smallest absolute Gasteiger partial charge is 0.335 e. The summed E-state index contributed by atoms with van der Waals surface area (Å²) in [7, 11) is 1.51. The Kier molecular flexibility index (Phi) is 14.8. The van der Waals surface area contributed by atoms with Gasteiger partial charge in [-0.1, -0.05) is 83.0 Å². The van der Waals surface area contributed by atoms with E-state index in [1.54, 1.807) is 25.1 Å². The van der Waals surface area contributed by atoms with Gasteiger partial charge in [0.15, 0.2) is 0 Å². The van der Waals surface area contributed by atoms with Crippen molar-refractivity contribution in [2.24, 2.45) is 5.92 Å². The predicted octanol–water partition coefficient (Wildman–Crippen LogP) is 7.67. The lowest BCUT2D eigenvalue weighted by atomic mass is 10.1. The molecule has 2 rings (SSSR count). The Balaban J connectivity index is 0.000000507. The van der Waals surface area contributed by atoms with Crippen LogP contribution in [0.1, 0.15) is 59.1 Å². The van der Waals surface area contributed by atoms with Crippen molar-refractivity contribution in [3.05, 3.63) is 85.0 Å². The lowest BCUT2D eigenvalue weighted by Gasteiger charge is -2.25. The summed E-state index contributed by atoms with van der Waals surface area (Å²) in [5.74, 6) is 0.948. The van der Waals surface area contributed by atoms with Gasteiger partial charge in [0, 0.05) is 24.2 Å². The summed E-state index contributed by atoms with van der Waals surface area (Å²) in [5, 5.41) is 8.82. The van der Waals surface area contributed by atoms with Crippen LogP contribution in [0.25, 0.3) is 12.2 Å². The first kappa shape index (κ1) is 31.7. The molecule has 0 bridgehead atoms. The molecule has 0 aliphatic rings. The van der Waals surface area contributed by atoms with E-state index in [9.17, 15) is 4.79 Å². The molecule has 0 radical (unpaired) electrons. The first-order valence-electron chi connectivity index (χ1n) is 11.6. The molecule has 1 unspecified atom stereocenters. The van der Waals surface area contributed by atoms with Gasteiger partial charge in [-0.15, -0.1) is 0 Å². The Morgan fingerprint density at radius 2 is 1.63 bits per heavy atom. The van der Waals surface area contributed by atoms with Gasteiger partial charge in [0.05, 0.1) is 0 Å². The third kappa shape index (κ3) is 13.2. The van der Waals surface area contributed by atoms with Gasteiger partial charge in [-0.2, -0.15) is 0 Å². The van der Waals surface area contributed by atoms with E-state index in [-0.39, 0.29) is 11.5 Å². The Hall–Kier alpha value is -3.31. The second kappa shape index (κ2) is 16.3. The van der Waals surface area contributed by atoms with E-state index in [0.717, 1.165) is 23.3 Å². The fourth-order valence-electron chi connectivity index (χ4n) is 2.38. The maximum absolute atomic E-state index is 11.0. The topological polar surface area (TPSA) is 65.0 Å². The number of para-hydroxylation sites is 1. The number of phenolic OH excluding ortho intramolecular Hbond substituents is 1. The van der Waals surface area contributed by atoms with Gasteiger partial charge in [-0.05, 0) is 51.0 Å². The van der Waals surface area contributed by atoms with Crippen molar-refractivity contribution < 1.29 is 24.1 Å². The molecule has 0 saturated carbocycles. The van der Waals surface area contributed by atoms with Gasteiger partial charge in [-0.25, -0.2) is 4.79 Å². The Labute approximate surface area is 211 Å². The van der Waals surface area contributed by atoms with Crippen LogP contribution in [0.4, 0.5) is 0 Å². The Morgan fingerprint density at radius 1 is 1.06 bits per heavy atom. The highest BCUT2D eigenvalue weighted by Crippen LogP contribution is 2.25. The minimum Gasteiger partial charge on any atom is -0.508 e. The molecular formula is C30H42O5. The van der Waals surface area contributed by atoms with Crippen molar-refractivity contribution in [2.75, 3.05) is 7.11 Å². The average molecular weight is 483 g/mol. The number of hydrogen-bond donors (Lipinski definition) is 1. The summed E-state index contributed by atoms with van der Waals surface area (Å²) in [6.45, 7) is 22.6. The maximum atomic E-state index is 11.0. The molecule has 0 heterocycles. The normalized spacial score (nSPS) is 11.1. The number of phenols is 1. The SMILES string of the molecule is C=C(C)C(=O)OC(OC)C(C)C.C=Cc1ccc(O)cc1.C=Cc1ccccc1OC(C)(C)CC. The lowest BCUT2D eigenvalue weighted by Crippen LogP contribution is -2.27. The molecule has 5 heteroatoms. The van der Waals surface area contributed by atoms with Crippen molar-refractivity contribution in [3.63, 3.8) is 0 Å². The fraction of sp³-hybridized carbons (Fsp3) is 0.367. The van der Waals surface area contributed by atoms with Crippen LogP contribution in [-0.2, 0) is 14.3 Å². The van der Waals surface area contributed by atoms with Crippen LogP contribution in [0.15, 0.2) is 73.8 Å². The zero-order valence-corrected chi connectivity index (χ0v) is 22.3. The summed E-state index contributed by atoms with van der Waals surface area (Å²) >= 11 is 0. The highest BCUT2D eigenvalue weighted by Gasteiger charge is 2.18. The molecule has 35 heavy (non-hydrogen) atoms. The van der Waals surface area contributed by atoms with Crippen LogP contribution >= 0.6 is 0 Å². The summed E-state index contributed by atoms with van der Waals surface area (Å²) < 4.78 is 15.8. The van der Waals surface area contributed by atoms with Crippen LogP contribution < -0.4 is 4.74 Å². The lowest BCUT2D eigenvalue weighted by molar-refractivity contribution is -0.177. The van der Waals surface area contributed by atoms with Crippen molar-refractivity contribution in [2.45, 2.75) is 59.9 Å². The molecule has 0 fully saturated rings. The molecular weight excluding hydrogens is 440 g/mol. The number of methoxy groups -OCH3 is 1. The monoisotopic (exact) mass is 482 g/mol. The quantitative estimate of drug-likeness (QED) is 0.226. The van der Waals surface area contributed by atoms with Crippen LogP contribution in [0.5, 0.6) is 11.5 Å².